The molecule has 1 fully saturated rings. The molecular formula is C23H25N3O4. The highest BCUT2D eigenvalue weighted by molar-refractivity contribution is 5.95. The van der Waals surface area contributed by atoms with Crippen LogP contribution in [0.3, 0.4) is 0 Å². The van der Waals surface area contributed by atoms with Crippen LogP contribution in [0, 0.1) is 0 Å². The molecule has 1 saturated carbocycles. The van der Waals surface area contributed by atoms with Crippen molar-refractivity contribution in [2.45, 2.75) is 37.6 Å². The summed E-state index contributed by atoms with van der Waals surface area (Å²) in [4.78, 5) is 21.0. The molecule has 2 aromatic carbocycles. The normalized spacial score (nSPS) is 20.7. The van der Waals surface area contributed by atoms with Gasteiger partial charge in [0.25, 0.3) is 5.91 Å². The van der Waals surface area contributed by atoms with Gasteiger partial charge in [0.05, 0.1) is 18.1 Å². The Kier molecular flexibility index (Phi) is 4.94. The number of fused-ring (bicyclic) bond motifs is 2. The van der Waals surface area contributed by atoms with Crippen molar-refractivity contribution in [2.75, 3.05) is 20.3 Å². The van der Waals surface area contributed by atoms with Gasteiger partial charge in [-0.05, 0) is 49.6 Å². The summed E-state index contributed by atoms with van der Waals surface area (Å²) in [6, 6.07) is 11.3. The minimum atomic E-state index is -0.0769. The fourth-order valence-electron chi connectivity index (χ4n) is 4.35. The van der Waals surface area contributed by atoms with Gasteiger partial charge >= 0.3 is 0 Å². The van der Waals surface area contributed by atoms with Crippen LogP contribution < -0.4 is 19.5 Å². The highest BCUT2D eigenvalue weighted by Gasteiger charge is 2.27. The highest BCUT2D eigenvalue weighted by atomic mass is 16.6. The average molecular weight is 407 g/mol. The van der Waals surface area contributed by atoms with E-state index in [0.29, 0.717) is 36.2 Å². The Morgan fingerprint density at radius 1 is 1.13 bits per heavy atom. The number of methoxy groups -OCH3 is 1. The molecule has 0 radical (unpaired) electrons. The summed E-state index contributed by atoms with van der Waals surface area (Å²) in [5.41, 5.74) is 2.51. The second-order valence-corrected chi connectivity index (χ2v) is 7.90. The third kappa shape index (κ3) is 3.67. The second-order valence-electron chi connectivity index (χ2n) is 7.90. The third-order valence-corrected chi connectivity index (χ3v) is 5.91. The van der Waals surface area contributed by atoms with E-state index in [2.05, 4.69) is 10.3 Å². The maximum Gasteiger partial charge on any atom is 0.251 e. The van der Waals surface area contributed by atoms with Crippen LogP contribution in [0.15, 0.2) is 36.4 Å². The van der Waals surface area contributed by atoms with E-state index in [4.69, 9.17) is 19.2 Å². The molecular weight excluding hydrogens is 382 g/mol. The topological polar surface area (TPSA) is 85.5 Å². The van der Waals surface area contributed by atoms with Crippen LogP contribution in [0.2, 0.25) is 0 Å². The molecule has 5 rings (SSSR count). The van der Waals surface area contributed by atoms with Crippen molar-refractivity contribution < 1.29 is 19.0 Å². The van der Waals surface area contributed by atoms with Gasteiger partial charge in [-0.3, -0.25) is 4.79 Å². The first-order valence-electron chi connectivity index (χ1n) is 10.4. The molecule has 1 amide bonds. The number of nitrogens with one attached hydrogen (secondary N) is 2. The van der Waals surface area contributed by atoms with Crippen molar-refractivity contribution in [3.63, 3.8) is 0 Å². The molecule has 7 nitrogen and oxygen atoms in total. The zero-order valence-corrected chi connectivity index (χ0v) is 16.9. The van der Waals surface area contributed by atoms with E-state index in [1.807, 2.05) is 18.2 Å². The minimum Gasteiger partial charge on any atom is -0.497 e. The van der Waals surface area contributed by atoms with E-state index in [1.54, 1.807) is 25.3 Å². The lowest BCUT2D eigenvalue weighted by atomic mass is 9.85. The van der Waals surface area contributed by atoms with E-state index in [1.165, 1.54) is 0 Å². The number of carbonyl (C=O) groups excluding carboxylic acids is 1. The molecule has 0 saturated heterocycles. The van der Waals surface area contributed by atoms with Crippen LogP contribution in [-0.2, 0) is 0 Å². The molecule has 0 spiro atoms. The molecule has 30 heavy (non-hydrogen) atoms. The first-order chi connectivity index (χ1) is 14.7. The van der Waals surface area contributed by atoms with Gasteiger partial charge in [0.1, 0.15) is 24.8 Å². The molecule has 156 valence electrons. The van der Waals surface area contributed by atoms with Crippen molar-refractivity contribution in [2.24, 2.45) is 0 Å². The number of hydrogen-bond donors (Lipinski definition) is 2. The Hall–Kier alpha value is -3.22. The molecule has 1 aromatic heterocycles. The monoisotopic (exact) mass is 407 g/mol. The molecule has 0 bridgehead atoms. The lowest BCUT2D eigenvalue weighted by Crippen LogP contribution is -2.38. The van der Waals surface area contributed by atoms with Gasteiger partial charge in [-0.2, -0.15) is 0 Å². The van der Waals surface area contributed by atoms with Gasteiger partial charge in [0.15, 0.2) is 11.5 Å². The number of nitrogens with zero attached hydrogens (tertiary/aromatic N) is 1. The van der Waals surface area contributed by atoms with E-state index < -0.39 is 0 Å². The zero-order chi connectivity index (χ0) is 20.5. The largest absolute Gasteiger partial charge is 0.497 e. The van der Waals surface area contributed by atoms with E-state index in [9.17, 15) is 4.79 Å². The van der Waals surface area contributed by atoms with Gasteiger partial charge in [0.2, 0.25) is 0 Å². The van der Waals surface area contributed by atoms with Gasteiger partial charge in [0, 0.05) is 23.6 Å². The lowest BCUT2D eigenvalue weighted by Gasteiger charge is -2.29. The Bertz CT molecular complexity index is 1080. The van der Waals surface area contributed by atoms with Crippen molar-refractivity contribution in [1.29, 1.82) is 0 Å². The maximum absolute atomic E-state index is 12.8. The zero-order valence-electron chi connectivity index (χ0n) is 16.9. The Morgan fingerprint density at radius 2 is 2.00 bits per heavy atom. The number of hydrogen-bond acceptors (Lipinski definition) is 5. The predicted octanol–water partition coefficient (Wildman–Crippen LogP) is 3.80. The number of aromatic nitrogens is 2. The van der Waals surface area contributed by atoms with Crippen molar-refractivity contribution in [3.05, 3.63) is 47.8 Å². The molecule has 2 N–H and O–H groups in total. The summed E-state index contributed by atoms with van der Waals surface area (Å²) in [6.45, 7) is 1.04. The van der Waals surface area contributed by atoms with Crippen molar-refractivity contribution in [1.82, 2.24) is 15.3 Å². The molecule has 2 atom stereocenters. The van der Waals surface area contributed by atoms with Crippen molar-refractivity contribution in [3.8, 4) is 17.2 Å². The second kappa shape index (κ2) is 7.89. The lowest BCUT2D eigenvalue weighted by molar-refractivity contribution is 0.0923. The maximum atomic E-state index is 12.8. The standard InChI is InChI=1S/C23H25N3O4/c1-28-17-6-7-18-19(13-17)26-22(25-18)14-3-2-4-16(11-14)24-23(27)15-5-8-20-21(12-15)30-10-9-29-20/h5-8,12-14,16H,2-4,9-11H2,1H3,(H,24,27)(H,25,26)/t14-,16-/m0/s1. The Balaban J connectivity index is 1.28. The molecule has 7 heteroatoms. The van der Waals surface area contributed by atoms with Gasteiger partial charge in [-0.1, -0.05) is 6.42 Å². The summed E-state index contributed by atoms with van der Waals surface area (Å²) >= 11 is 0. The molecule has 0 unspecified atom stereocenters. The first-order valence-corrected chi connectivity index (χ1v) is 10.4. The van der Waals surface area contributed by atoms with Crippen molar-refractivity contribution >= 4 is 16.9 Å². The quantitative estimate of drug-likeness (QED) is 0.687. The number of H-pyrrole nitrogens is 1. The summed E-state index contributed by atoms with van der Waals surface area (Å²) in [5.74, 6) is 3.32. The van der Waals surface area contributed by atoms with Crippen LogP contribution >= 0.6 is 0 Å². The number of benzene rings is 2. The van der Waals surface area contributed by atoms with E-state index in [0.717, 1.165) is 48.3 Å². The van der Waals surface area contributed by atoms with Crippen LogP contribution in [0.1, 0.15) is 47.8 Å². The van der Waals surface area contributed by atoms with Crippen LogP contribution in [0.4, 0.5) is 0 Å². The third-order valence-electron chi connectivity index (χ3n) is 5.91. The Labute approximate surface area is 174 Å². The highest BCUT2D eigenvalue weighted by Crippen LogP contribution is 2.34. The van der Waals surface area contributed by atoms with E-state index >= 15 is 0 Å². The molecule has 1 aliphatic carbocycles. The summed E-state index contributed by atoms with van der Waals surface area (Å²) in [7, 11) is 1.66. The summed E-state index contributed by atoms with van der Waals surface area (Å²) in [5, 5.41) is 3.20. The van der Waals surface area contributed by atoms with Crippen LogP contribution in [-0.4, -0.2) is 42.2 Å². The van der Waals surface area contributed by atoms with Crippen LogP contribution in [0.25, 0.3) is 11.0 Å². The Morgan fingerprint density at radius 3 is 2.87 bits per heavy atom. The number of carbonyl (C=O) groups is 1. The fourth-order valence-corrected chi connectivity index (χ4v) is 4.35. The van der Waals surface area contributed by atoms with Gasteiger partial charge in [-0.15, -0.1) is 0 Å². The summed E-state index contributed by atoms with van der Waals surface area (Å²) in [6.07, 6.45) is 3.96. The number of rotatable bonds is 4. The molecule has 1 aliphatic heterocycles. The predicted molar refractivity (Wildman–Crippen MR) is 113 cm³/mol. The fraction of sp³-hybridized carbons (Fsp3) is 0.391. The van der Waals surface area contributed by atoms with Gasteiger partial charge < -0.3 is 24.5 Å². The molecule has 2 aliphatic rings. The number of imidazole rings is 1. The summed E-state index contributed by atoms with van der Waals surface area (Å²) < 4.78 is 16.4. The van der Waals surface area contributed by atoms with Crippen LogP contribution in [0.5, 0.6) is 17.2 Å². The number of ether oxygens (including phenoxy) is 3. The number of aromatic amines is 1. The number of amides is 1. The average Bonchev–Trinajstić information content (AvgIpc) is 3.22. The molecule has 3 aromatic rings. The van der Waals surface area contributed by atoms with Gasteiger partial charge in [-0.25, -0.2) is 4.98 Å². The first kappa shape index (κ1) is 18.8. The minimum absolute atomic E-state index is 0.0769. The smallest absolute Gasteiger partial charge is 0.251 e. The van der Waals surface area contributed by atoms with E-state index in [-0.39, 0.29) is 11.9 Å². The SMILES string of the molecule is COc1ccc2[nH]c([C@H]3CCC[C@H](NC(=O)c4ccc5c(c4)OCCO5)C3)nc2c1. The molecule has 2 heterocycles.